The number of fused-ring (bicyclic) bond motifs is 6. The van der Waals surface area contributed by atoms with Gasteiger partial charge >= 0.3 is 0 Å². The average Bonchev–Trinajstić information content (AvgIpc) is 3.51. The second-order valence-electron chi connectivity index (χ2n) is 11.2. The molecule has 196 valence electrons. The van der Waals surface area contributed by atoms with E-state index in [4.69, 9.17) is 0 Å². The van der Waals surface area contributed by atoms with Gasteiger partial charge in [-0.3, -0.25) is 0 Å². The fourth-order valence-electron chi connectivity index (χ4n) is 6.96. The zero-order valence-electron chi connectivity index (χ0n) is 23.5. The average molecular weight is 527 g/mol. The van der Waals surface area contributed by atoms with E-state index in [0.29, 0.717) is 0 Å². The summed E-state index contributed by atoms with van der Waals surface area (Å²) in [5.41, 5.74) is 13.8. The Bertz CT molecular complexity index is 2160. The first-order valence-corrected chi connectivity index (χ1v) is 14.3. The Hall–Kier alpha value is -5.08. The first-order chi connectivity index (χ1) is 20.1. The lowest BCUT2D eigenvalue weighted by molar-refractivity contribution is 1.15. The number of hydrogen-bond acceptors (Lipinski definition) is 0. The summed E-state index contributed by atoms with van der Waals surface area (Å²) < 4.78 is 4.80. The fraction of sp³-hybridized carbons (Fsp3) is 0.0769. The maximum absolute atomic E-state index is 2.41. The molecule has 41 heavy (non-hydrogen) atoms. The van der Waals surface area contributed by atoms with Crippen LogP contribution in [0.1, 0.15) is 16.7 Å². The number of benzene rings is 6. The molecule has 0 saturated carbocycles. The Kier molecular flexibility index (Phi) is 5.20. The lowest BCUT2D eigenvalue weighted by atomic mass is 9.91. The van der Waals surface area contributed by atoms with E-state index in [-0.39, 0.29) is 0 Å². The quantitative estimate of drug-likeness (QED) is 0.217. The van der Waals surface area contributed by atoms with E-state index in [1.807, 2.05) is 0 Å². The molecule has 0 N–H and O–H groups in total. The normalized spacial score (nSPS) is 11.8. The highest BCUT2D eigenvalue weighted by Gasteiger charge is 2.17. The predicted octanol–water partition coefficient (Wildman–Crippen LogP) is 10.5. The van der Waals surface area contributed by atoms with Crippen LogP contribution in [0.5, 0.6) is 0 Å². The Morgan fingerprint density at radius 2 is 0.732 bits per heavy atom. The second-order valence-corrected chi connectivity index (χ2v) is 11.2. The van der Waals surface area contributed by atoms with Crippen molar-refractivity contribution in [3.63, 3.8) is 0 Å². The van der Waals surface area contributed by atoms with Gasteiger partial charge in [0.2, 0.25) is 0 Å². The standard InChI is InChI=1S/C39H30N2/c1-25-22-28(40-35-16-8-4-12-31(35)32-13-5-9-17-36(32)40)20-21-30(25)39-26(2)23-29(24-27(39)3)41-37-18-10-6-14-33(37)34-15-7-11-19-38(34)41/h4-24H,1-3H3. The van der Waals surface area contributed by atoms with Crippen molar-refractivity contribution in [1.29, 1.82) is 0 Å². The zero-order chi connectivity index (χ0) is 27.7. The molecule has 0 fully saturated rings. The van der Waals surface area contributed by atoms with Gasteiger partial charge in [-0.1, -0.05) is 78.9 Å². The van der Waals surface area contributed by atoms with E-state index in [1.165, 1.54) is 82.8 Å². The molecule has 6 aromatic carbocycles. The third-order valence-electron chi connectivity index (χ3n) is 8.67. The van der Waals surface area contributed by atoms with Crippen molar-refractivity contribution >= 4 is 43.6 Å². The summed E-state index contributed by atoms with van der Waals surface area (Å²) in [6.07, 6.45) is 0. The van der Waals surface area contributed by atoms with E-state index >= 15 is 0 Å². The van der Waals surface area contributed by atoms with Crippen LogP contribution in [0.4, 0.5) is 0 Å². The van der Waals surface area contributed by atoms with Gasteiger partial charge in [-0.05, 0) is 97.1 Å². The molecule has 8 rings (SSSR count). The maximum atomic E-state index is 2.41. The fourth-order valence-corrected chi connectivity index (χ4v) is 6.96. The maximum Gasteiger partial charge on any atom is 0.0541 e. The van der Waals surface area contributed by atoms with Crippen molar-refractivity contribution in [3.05, 3.63) is 144 Å². The van der Waals surface area contributed by atoms with Gasteiger partial charge in [-0.15, -0.1) is 0 Å². The first-order valence-electron chi connectivity index (χ1n) is 14.3. The Morgan fingerprint density at radius 3 is 1.15 bits per heavy atom. The van der Waals surface area contributed by atoms with Crippen LogP contribution in [-0.2, 0) is 0 Å². The second kappa shape index (κ2) is 8.97. The van der Waals surface area contributed by atoms with E-state index < -0.39 is 0 Å². The van der Waals surface area contributed by atoms with Crippen molar-refractivity contribution in [2.45, 2.75) is 20.8 Å². The van der Waals surface area contributed by atoms with Gasteiger partial charge in [-0.2, -0.15) is 0 Å². The van der Waals surface area contributed by atoms with Crippen LogP contribution in [-0.4, -0.2) is 9.13 Å². The van der Waals surface area contributed by atoms with E-state index in [1.54, 1.807) is 0 Å². The molecule has 2 heteroatoms. The van der Waals surface area contributed by atoms with Gasteiger partial charge in [0.15, 0.2) is 0 Å². The lowest BCUT2D eigenvalue weighted by Crippen LogP contribution is -2.00. The molecule has 2 aromatic heterocycles. The summed E-state index contributed by atoms with van der Waals surface area (Å²) in [5, 5.41) is 5.16. The molecule has 0 aliphatic carbocycles. The number of hydrogen-bond donors (Lipinski definition) is 0. The van der Waals surface area contributed by atoms with E-state index in [2.05, 4.69) is 157 Å². The number of aromatic nitrogens is 2. The minimum absolute atomic E-state index is 1.20. The van der Waals surface area contributed by atoms with Crippen molar-refractivity contribution in [1.82, 2.24) is 9.13 Å². The molecule has 0 aliphatic heterocycles. The molecule has 0 saturated heterocycles. The van der Waals surface area contributed by atoms with Crippen LogP contribution in [0.3, 0.4) is 0 Å². The monoisotopic (exact) mass is 526 g/mol. The van der Waals surface area contributed by atoms with Gasteiger partial charge in [0.25, 0.3) is 0 Å². The molecule has 0 bridgehead atoms. The smallest absolute Gasteiger partial charge is 0.0541 e. The van der Waals surface area contributed by atoms with Crippen LogP contribution in [0.2, 0.25) is 0 Å². The van der Waals surface area contributed by atoms with Crippen LogP contribution >= 0.6 is 0 Å². The number of para-hydroxylation sites is 4. The van der Waals surface area contributed by atoms with Crippen molar-refractivity contribution in [3.8, 4) is 22.5 Å². The van der Waals surface area contributed by atoms with Gasteiger partial charge in [0.05, 0.1) is 22.1 Å². The van der Waals surface area contributed by atoms with Crippen molar-refractivity contribution < 1.29 is 0 Å². The van der Waals surface area contributed by atoms with Crippen molar-refractivity contribution in [2.24, 2.45) is 0 Å². The molecule has 8 aromatic rings. The van der Waals surface area contributed by atoms with E-state index in [0.717, 1.165) is 0 Å². The predicted molar refractivity (Wildman–Crippen MR) is 175 cm³/mol. The minimum atomic E-state index is 1.20. The lowest BCUT2D eigenvalue weighted by Gasteiger charge is -2.18. The Balaban J connectivity index is 1.28. The molecule has 0 radical (unpaired) electrons. The van der Waals surface area contributed by atoms with Crippen LogP contribution in [0, 0.1) is 20.8 Å². The molecule has 0 amide bonds. The van der Waals surface area contributed by atoms with Gasteiger partial charge < -0.3 is 9.13 Å². The summed E-state index contributed by atoms with van der Waals surface area (Å²) in [5.74, 6) is 0. The largest absolute Gasteiger partial charge is 0.309 e. The number of rotatable bonds is 3. The summed E-state index contributed by atoms with van der Waals surface area (Å²) in [7, 11) is 0. The molecule has 0 unspecified atom stereocenters. The topological polar surface area (TPSA) is 9.86 Å². The summed E-state index contributed by atoms with van der Waals surface area (Å²) in [6, 6.07) is 46.5. The van der Waals surface area contributed by atoms with Crippen LogP contribution in [0.15, 0.2) is 127 Å². The van der Waals surface area contributed by atoms with Crippen LogP contribution < -0.4 is 0 Å². The highest BCUT2D eigenvalue weighted by Crippen LogP contribution is 2.38. The Labute approximate surface area is 239 Å². The molecule has 0 aliphatic rings. The summed E-state index contributed by atoms with van der Waals surface area (Å²) in [4.78, 5) is 0. The van der Waals surface area contributed by atoms with Crippen molar-refractivity contribution in [2.75, 3.05) is 0 Å². The minimum Gasteiger partial charge on any atom is -0.309 e. The summed E-state index contributed by atoms with van der Waals surface area (Å²) >= 11 is 0. The zero-order valence-corrected chi connectivity index (χ0v) is 23.5. The van der Waals surface area contributed by atoms with Crippen LogP contribution in [0.25, 0.3) is 66.1 Å². The SMILES string of the molecule is Cc1cc(-n2c3ccccc3c3ccccc32)ccc1-c1c(C)cc(-n2c3ccccc3c3ccccc32)cc1C. The molecule has 2 heterocycles. The van der Waals surface area contributed by atoms with E-state index in [9.17, 15) is 0 Å². The summed E-state index contributed by atoms with van der Waals surface area (Å²) in [6.45, 7) is 6.74. The highest BCUT2D eigenvalue weighted by atomic mass is 15.0. The first kappa shape index (κ1) is 23.8. The van der Waals surface area contributed by atoms with Gasteiger partial charge in [0.1, 0.15) is 0 Å². The third-order valence-corrected chi connectivity index (χ3v) is 8.67. The number of aryl methyl sites for hydroxylation is 3. The third kappa shape index (κ3) is 3.50. The molecular formula is C39H30N2. The van der Waals surface area contributed by atoms with Gasteiger partial charge in [-0.25, -0.2) is 0 Å². The highest BCUT2D eigenvalue weighted by molar-refractivity contribution is 6.10. The molecule has 0 atom stereocenters. The molecular weight excluding hydrogens is 496 g/mol. The molecule has 2 nitrogen and oxygen atoms in total. The molecule has 0 spiro atoms. The van der Waals surface area contributed by atoms with Gasteiger partial charge in [0, 0.05) is 32.9 Å². The Morgan fingerprint density at radius 1 is 0.366 bits per heavy atom. The number of nitrogens with zero attached hydrogens (tertiary/aromatic N) is 2.